The summed E-state index contributed by atoms with van der Waals surface area (Å²) in [5.74, 6) is 0.597. The Morgan fingerprint density at radius 1 is 1.07 bits per heavy atom. The first-order valence-corrected chi connectivity index (χ1v) is 10.7. The van der Waals surface area contributed by atoms with Crippen molar-refractivity contribution in [2.45, 2.75) is 38.8 Å². The summed E-state index contributed by atoms with van der Waals surface area (Å²) in [7, 11) is 1.64. The van der Waals surface area contributed by atoms with E-state index in [-0.39, 0.29) is 17.8 Å². The number of hydrogen-bond donors (Lipinski definition) is 0. The first-order valence-electron chi connectivity index (χ1n) is 10.7. The lowest BCUT2D eigenvalue weighted by molar-refractivity contribution is -0.134. The van der Waals surface area contributed by atoms with E-state index in [0.717, 1.165) is 42.8 Å². The summed E-state index contributed by atoms with van der Waals surface area (Å²) in [6, 6.07) is 14.0. The smallest absolute Gasteiger partial charge is 0.237 e. The number of halogens is 1. The van der Waals surface area contributed by atoms with Gasteiger partial charge in [0.05, 0.1) is 19.7 Å². The molecule has 0 bridgehead atoms. The standard InChI is InChI=1S/C25H31FN2O2/c1-3-4-5-16-27-17-6-7-24(21-10-14-23(30-2)15-11-21)28(25(29)19-27)18-20-8-12-22(26)13-9-20/h6-15,24H,3-5,16-19H2,1-2H3/b7-6-. The van der Waals surface area contributed by atoms with Crippen LogP contribution in [0.4, 0.5) is 4.39 Å². The molecule has 0 saturated carbocycles. The monoisotopic (exact) mass is 410 g/mol. The maximum Gasteiger partial charge on any atom is 0.237 e. The number of benzene rings is 2. The van der Waals surface area contributed by atoms with Crippen LogP contribution in [0.25, 0.3) is 0 Å². The highest BCUT2D eigenvalue weighted by Crippen LogP contribution is 2.28. The summed E-state index contributed by atoms with van der Waals surface area (Å²) in [6.07, 6.45) is 7.69. The van der Waals surface area contributed by atoms with Crippen molar-refractivity contribution in [3.63, 3.8) is 0 Å². The van der Waals surface area contributed by atoms with Crippen molar-refractivity contribution in [2.75, 3.05) is 26.7 Å². The molecule has 30 heavy (non-hydrogen) atoms. The van der Waals surface area contributed by atoms with E-state index in [1.807, 2.05) is 29.2 Å². The third-order valence-electron chi connectivity index (χ3n) is 5.50. The molecule has 0 N–H and O–H groups in total. The van der Waals surface area contributed by atoms with E-state index >= 15 is 0 Å². The summed E-state index contributed by atoms with van der Waals surface area (Å²) in [6.45, 7) is 4.70. The molecular formula is C25H31FN2O2. The highest BCUT2D eigenvalue weighted by molar-refractivity contribution is 5.79. The number of unbranched alkanes of at least 4 members (excludes halogenated alkanes) is 2. The lowest BCUT2D eigenvalue weighted by Gasteiger charge is -2.34. The zero-order valence-electron chi connectivity index (χ0n) is 17.9. The van der Waals surface area contributed by atoms with E-state index in [1.54, 1.807) is 19.2 Å². The van der Waals surface area contributed by atoms with Crippen LogP contribution in [0.3, 0.4) is 0 Å². The largest absolute Gasteiger partial charge is 0.497 e. The molecule has 1 heterocycles. The third kappa shape index (κ3) is 5.92. The number of amides is 1. The van der Waals surface area contributed by atoms with Crippen molar-refractivity contribution in [3.05, 3.63) is 77.6 Å². The fraction of sp³-hybridized carbons (Fsp3) is 0.400. The highest BCUT2D eigenvalue weighted by Gasteiger charge is 2.26. The second-order valence-electron chi connectivity index (χ2n) is 7.74. The summed E-state index contributed by atoms with van der Waals surface area (Å²) < 4.78 is 18.6. The molecule has 1 amide bonds. The van der Waals surface area contributed by atoms with Gasteiger partial charge in [0.2, 0.25) is 5.91 Å². The lowest BCUT2D eigenvalue weighted by Crippen LogP contribution is -2.43. The van der Waals surface area contributed by atoms with Crippen LogP contribution in [0.15, 0.2) is 60.7 Å². The zero-order valence-corrected chi connectivity index (χ0v) is 17.9. The average molecular weight is 411 g/mol. The molecule has 0 fully saturated rings. The van der Waals surface area contributed by atoms with Gasteiger partial charge in [-0.05, 0) is 48.4 Å². The lowest BCUT2D eigenvalue weighted by atomic mass is 10.0. The minimum atomic E-state index is -0.272. The predicted octanol–water partition coefficient (Wildman–Crippen LogP) is 4.97. The second kappa shape index (κ2) is 10.9. The molecule has 4 nitrogen and oxygen atoms in total. The van der Waals surface area contributed by atoms with Crippen molar-refractivity contribution in [1.82, 2.24) is 9.80 Å². The van der Waals surface area contributed by atoms with E-state index in [9.17, 15) is 9.18 Å². The average Bonchev–Trinajstić information content (AvgIpc) is 2.76. The predicted molar refractivity (Wildman–Crippen MR) is 118 cm³/mol. The molecule has 0 aliphatic carbocycles. The molecule has 5 heteroatoms. The van der Waals surface area contributed by atoms with Gasteiger partial charge in [0.15, 0.2) is 0 Å². The summed E-state index contributed by atoms with van der Waals surface area (Å²) in [5, 5.41) is 0. The molecule has 1 aliphatic rings. The van der Waals surface area contributed by atoms with Crippen LogP contribution in [0.2, 0.25) is 0 Å². The van der Waals surface area contributed by atoms with Crippen molar-refractivity contribution in [3.8, 4) is 5.75 Å². The van der Waals surface area contributed by atoms with Gasteiger partial charge in [-0.15, -0.1) is 0 Å². The molecule has 0 radical (unpaired) electrons. The fourth-order valence-corrected chi connectivity index (χ4v) is 3.77. The zero-order chi connectivity index (χ0) is 21.3. The Morgan fingerprint density at radius 3 is 2.47 bits per heavy atom. The van der Waals surface area contributed by atoms with Gasteiger partial charge in [-0.2, -0.15) is 0 Å². The molecule has 1 atom stereocenters. The quantitative estimate of drug-likeness (QED) is 0.455. The van der Waals surface area contributed by atoms with E-state index < -0.39 is 0 Å². The SMILES string of the molecule is CCCCCN1C/C=C\C(c2ccc(OC)cc2)N(Cc2ccc(F)cc2)C(=O)C1. The summed E-state index contributed by atoms with van der Waals surface area (Å²) in [4.78, 5) is 17.4. The maximum absolute atomic E-state index is 13.4. The van der Waals surface area contributed by atoms with Crippen LogP contribution in [0, 0.1) is 5.82 Å². The molecule has 2 aromatic rings. The van der Waals surface area contributed by atoms with Gasteiger partial charge < -0.3 is 9.64 Å². The fourth-order valence-electron chi connectivity index (χ4n) is 3.77. The van der Waals surface area contributed by atoms with Gasteiger partial charge in [0, 0.05) is 13.1 Å². The van der Waals surface area contributed by atoms with Crippen LogP contribution in [0.1, 0.15) is 43.4 Å². The summed E-state index contributed by atoms with van der Waals surface area (Å²) in [5.41, 5.74) is 1.94. The molecule has 3 rings (SSSR count). The van der Waals surface area contributed by atoms with Gasteiger partial charge >= 0.3 is 0 Å². The normalized spacial score (nSPS) is 18.7. The minimum Gasteiger partial charge on any atom is -0.497 e. The van der Waals surface area contributed by atoms with Gasteiger partial charge in [-0.1, -0.05) is 56.2 Å². The van der Waals surface area contributed by atoms with Crippen LogP contribution in [0.5, 0.6) is 5.75 Å². The van der Waals surface area contributed by atoms with Gasteiger partial charge in [0.1, 0.15) is 11.6 Å². The first-order chi connectivity index (χ1) is 14.6. The topological polar surface area (TPSA) is 32.8 Å². The number of carbonyl (C=O) groups is 1. The number of ether oxygens (including phenoxy) is 1. The van der Waals surface area contributed by atoms with E-state index in [2.05, 4.69) is 24.0 Å². The molecule has 1 unspecified atom stereocenters. The van der Waals surface area contributed by atoms with Crippen LogP contribution < -0.4 is 4.74 Å². The minimum absolute atomic E-state index is 0.0843. The van der Waals surface area contributed by atoms with Gasteiger partial charge in [-0.25, -0.2) is 4.39 Å². The Labute approximate surface area is 178 Å². The number of rotatable bonds is 8. The van der Waals surface area contributed by atoms with Crippen LogP contribution >= 0.6 is 0 Å². The molecule has 160 valence electrons. The number of carbonyl (C=O) groups excluding carboxylic acids is 1. The van der Waals surface area contributed by atoms with Gasteiger partial charge in [-0.3, -0.25) is 9.69 Å². The summed E-state index contributed by atoms with van der Waals surface area (Å²) >= 11 is 0. The Balaban J connectivity index is 1.87. The van der Waals surface area contributed by atoms with E-state index in [1.165, 1.54) is 18.6 Å². The highest BCUT2D eigenvalue weighted by atomic mass is 19.1. The molecule has 0 aromatic heterocycles. The van der Waals surface area contributed by atoms with Crippen molar-refractivity contribution < 1.29 is 13.9 Å². The number of hydrogen-bond acceptors (Lipinski definition) is 3. The molecule has 0 saturated heterocycles. The van der Waals surface area contributed by atoms with Crippen LogP contribution in [-0.4, -0.2) is 42.5 Å². The molecule has 1 aliphatic heterocycles. The third-order valence-corrected chi connectivity index (χ3v) is 5.50. The first kappa shape index (κ1) is 22.0. The second-order valence-corrected chi connectivity index (χ2v) is 7.74. The van der Waals surface area contributed by atoms with Crippen molar-refractivity contribution >= 4 is 5.91 Å². The molecular weight excluding hydrogens is 379 g/mol. The molecule has 0 spiro atoms. The number of nitrogens with zero attached hydrogens (tertiary/aromatic N) is 2. The Bertz CT molecular complexity index is 833. The van der Waals surface area contributed by atoms with Crippen molar-refractivity contribution in [2.24, 2.45) is 0 Å². The Kier molecular flexibility index (Phi) is 8.03. The van der Waals surface area contributed by atoms with Crippen molar-refractivity contribution in [1.29, 1.82) is 0 Å². The Hall–Kier alpha value is -2.66. The Morgan fingerprint density at radius 2 is 1.80 bits per heavy atom. The van der Waals surface area contributed by atoms with E-state index in [4.69, 9.17) is 4.74 Å². The van der Waals surface area contributed by atoms with Crippen LogP contribution in [-0.2, 0) is 11.3 Å². The van der Waals surface area contributed by atoms with Gasteiger partial charge in [0.25, 0.3) is 0 Å². The van der Waals surface area contributed by atoms with E-state index in [0.29, 0.717) is 13.1 Å². The molecule has 2 aromatic carbocycles. The number of methoxy groups -OCH3 is 1. The maximum atomic E-state index is 13.4.